The summed E-state index contributed by atoms with van der Waals surface area (Å²) in [6.45, 7) is 0. The van der Waals surface area contributed by atoms with E-state index in [9.17, 15) is 0 Å². The zero-order valence-corrected chi connectivity index (χ0v) is 36.2. The SMILES string of the molecule is COc1ccc(-c2c3nc(c(-c4ccc(OC)cc4)c4ccc([nH]4)c(-c4ccc(OC)cc4)c4nc(c(-c5ccc(OC)cc5)c5ccc2[nH]5)C=C4)C=C3)cc1.[Cl][Fe]([Cl])[Cl]. The molecule has 8 nitrogen and oxygen atoms in total. The second-order valence-electron chi connectivity index (χ2n) is 13.6. The summed E-state index contributed by atoms with van der Waals surface area (Å²) < 4.78 is 22.1. The summed E-state index contributed by atoms with van der Waals surface area (Å²) in [4.78, 5) is 18.4. The maximum absolute atomic E-state index is 5.53. The number of halogens is 3. The van der Waals surface area contributed by atoms with Gasteiger partial charge < -0.3 is 28.9 Å². The van der Waals surface area contributed by atoms with Crippen molar-refractivity contribution in [1.82, 2.24) is 19.9 Å². The molecule has 0 amide bonds. The number of hydrogen-bond acceptors (Lipinski definition) is 6. The minimum atomic E-state index is -1.33. The molecule has 8 bridgehead atoms. The summed E-state index contributed by atoms with van der Waals surface area (Å²) in [6, 6.07) is 40.9. The number of nitrogens with zero attached hydrogens (tertiary/aromatic N) is 2. The first-order chi connectivity index (χ1) is 29.3. The molecule has 2 aliphatic heterocycles. The van der Waals surface area contributed by atoms with Crippen LogP contribution < -0.4 is 18.9 Å². The number of methoxy groups -OCH3 is 4. The van der Waals surface area contributed by atoms with Crippen LogP contribution in [0.4, 0.5) is 0 Å². The molecule has 0 saturated heterocycles. The van der Waals surface area contributed by atoms with Crippen LogP contribution in [0.3, 0.4) is 0 Å². The summed E-state index contributed by atoms with van der Waals surface area (Å²) in [5, 5.41) is 0. The third-order valence-electron chi connectivity index (χ3n) is 10.3. The Morgan fingerprint density at radius 3 is 0.733 bits per heavy atom. The fourth-order valence-electron chi connectivity index (χ4n) is 7.45. The van der Waals surface area contributed by atoms with E-state index in [1.165, 1.54) is 0 Å². The second kappa shape index (κ2) is 18.1. The molecule has 5 heterocycles. The van der Waals surface area contributed by atoms with Gasteiger partial charge in [0, 0.05) is 44.3 Å². The molecule has 9 rings (SSSR count). The second-order valence-corrected chi connectivity index (χ2v) is 19.0. The third kappa shape index (κ3) is 8.54. The van der Waals surface area contributed by atoms with Gasteiger partial charge in [-0.1, -0.05) is 48.5 Å². The predicted molar refractivity (Wildman–Crippen MR) is 244 cm³/mol. The molecule has 3 aromatic heterocycles. The molecule has 0 aliphatic carbocycles. The van der Waals surface area contributed by atoms with E-state index in [2.05, 4.69) is 107 Å². The fourth-order valence-corrected chi connectivity index (χ4v) is 7.45. The Labute approximate surface area is 364 Å². The summed E-state index contributed by atoms with van der Waals surface area (Å²) in [5.74, 6) is 3.12. The van der Waals surface area contributed by atoms with E-state index in [0.717, 1.165) is 112 Å². The van der Waals surface area contributed by atoms with Crippen LogP contribution in [-0.4, -0.2) is 48.4 Å². The molecule has 0 atom stereocenters. The first-order valence-electron chi connectivity index (χ1n) is 18.7. The number of benzene rings is 4. The molecular weight excluding hydrogens is 859 g/mol. The van der Waals surface area contributed by atoms with E-state index in [-0.39, 0.29) is 0 Å². The van der Waals surface area contributed by atoms with E-state index in [4.69, 9.17) is 59.2 Å². The molecule has 0 unspecified atom stereocenters. The first kappa shape index (κ1) is 40.8. The molecule has 0 radical (unpaired) electrons. The van der Waals surface area contributed by atoms with Crippen LogP contribution in [0, 0.1) is 0 Å². The Kier molecular flexibility index (Phi) is 12.3. The van der Waals surface area contributed by atoms with Gasteiger partial charge in [-0.2, -0.15) is 0 Å². The van der Waals surface area contributed by atoms with Crippen molar-refractivity contribution >= 4 is 76.7 Å². The van der Waals surface area contributed by atoms with Gasteiger partial charge in [-0.25, -0.2) is 9.97 Å². The van der Waals surface area contributed by atoms with Crippen LogP contribution in [0.1, 0.15) is 22.8 Å². The Morgan fingerprint density at radius 2 is 0.550 bits per heavy atom. The number of H-pyrrole nitrogens is 2. The molecule has 12 heteroatoms. The van der Waals surface area contributed by atoms with E-state index >= 15 is 0 Å². The minimum absolute atomic E-state index is 0.780. The monoisotopic (exact) mass is 895 g/mol. The summed E-state index contributed by atoms with van der Waals surface area (Å²) in [5.41, 5.74) is 14.8. The van der Waals surface area contributed by atoms with E-state index < -0.39 is 11.2 Å². The van der Waals surface area contributed by atoms with Crippen molar-refractivity contribution in [2.24, 2.45) is 0 Å². The van der Waals surface area contributed by atoms with Gasteiger partial charge in [-0.15, -0.1) is 0 Å². The number of fused-ring (bicyclic) bond motifs is 8. The number of aromatic amines is 2. The number of nitrogens with one attached hydrogen (secondary N) is 2. The van der Waals surface area contributed by atoms with Crippen LogP contribution in [-0.2, 0) is 11.2 Å². The topological polar surface area (TPSA) is 94.3 Å². The Hall–Kier alpha value is -5.93. The van der Waals surface area contributed by atoms with Crippen molar-refractivity contribution in [3.8, 4) is 67.5 Å². The molecule has 0 spiro atoms. The Morgan fingerprint density at radius 1 is 0.350 bits per heavy atom. The van der Waals surface area contributed by atoms with Gasteiger partial charge in [-0.05, 0) is 119 Å². The molecule has 2 aliphatic rings. The molecular formula is C48H38Cl3FeN4O4. The van der Waals surface area contributed by atoms with Crippen molar-refractivity contribution < 1.29 is 30.1 Å². The quantitative estimate of drug-likeness (QED) is 0.148. The van der Waals surface area contributed by atoms with Crippen molar-refractivity contribution in [3.05, 3.63) is 144 Å². The van der Waals surface area contributed by atoms with Crippen LogP contribution in [0.5, 0.6) is 23.0 Å². The Balaban J connectivity index is 0.00000120. The number of ether oxygens (including phenoxy) is 4. The third-order valence-corrected chi connectivity index (χ3v) is 10.3. The van der Waals surface area contributed by atoms with Crippen LogP contribution in [0.15, 0.2) is 121 Å². The average Bonchev–Trinajstić information content (AvgIpc) is 4.13. The molecule has 60 heavy (non-hydrogen) atoms. The van der Waals surface area contributed by atoms with Crippen LogP contribution in [0.25, 0.3) is 90.9 Å². The average molecular weight is 897 g/mol. The van der Waals surface area contributed by atoms with Gasteiger partial charge in [0.15, 0.2) is 0 Å². The van der Waals surface area contributed by atoms with Gasteiger partial charge in [0.25, 0.3) is 0 Å². The van der Waals surface area contributed by atoms with E-state index in [1.807, 2.05) is 48.5 Å². The maximum atomic E-state index is 5.53. The van der Waals surface area contributed by atoms with Gasteiger partial charge in [-0.3, -0.25) is 0 Å². The first-order valence-corrected chi connectivity index (χ1v) is 23.2. The van der Waals surface area contributed by atoms with Crippen LogP contribution >= 0.6 is 30.3 Å². The number of rotatable bonds is 8. The number of aromatic nitrogens is 4. The van der Waals surface area contributed by atoms with Crippen LogP contribution in [0.2, 0.25) is 0 Å². The zero-order valence-electron chi connectivity index (χ0n) is 32.9. The molecule has 7 aromatic rings. The zero-order chi connectivity index (χ0) is 41.8. The van der Waals surface area contributed by atoms with E-state index in [0.29, 0.717) is 0 Å². The van der Waals surface area contributed by atoms with Crippen molar-refractivity contribution in [2.45, 2.75) is 0 Å². The molecule has 2 N–H and O–H groups in total. The molecule has 0 saturated carbocycles. The van der Waals surface area contributed by atoms with E-state index in [1.54, 1.807) is 28.4 Å². The van der Waals surface area contributed by atoms with Crippen molar-refractivity contribution in [3.63, 3.8) is 0 Å². The van der Waals surface area contributed by atoms with Crippen molar-refractivity contribution in [1.29, 1.82) is 0 Å². The molecule has 303 valence electrons. The molecule has 4 aromatic carbocycles. The normalized spacial score (nSPS) is 11.8. The number of hydrogen-bond donors (Lipinski definition) is 2. The standard InChI is InChI=1S/C48H38N4O4.3ClH.Fe/c1-53-33-13-5-29(6-14-33)45-37-21-23-39(49-37)46(30-7-15-34(54-2)16-8-30)41-25-27-43(51-41)48(32-11-19-36(56-4)20-12-32)44-28-26-42(52-44)47(40-24-22-38(45)50-40)31-9-17-35(55-3)18-10-31;;;;/h5-28,49,52H,1-4H3;3*1H;/q;;;;+3/p-3. The predicted octanol–water partition coefficient (Wildman–Crippen LogP) is 13.4. The molecule has 0 fully saturated rings. The summed E-state index contributed by atoms with van der Waals surface area (Å²) >= 11 is -1.33. The summed E-state index contributed by atoms with van der Waals surface area (Å²) in [7, 11) is 21.4. The summed E-state index contributed by atoms with van der Waals surface area (Å²) in [6.07, 6.45) is 8.37. The van der Waals surface area contributed by atoms with Crippen molar-refractivity contribution in [2.75, 3.05) is 28.4 Å². The van der Waals surface area contributed by atoms with Gasteiger partial charge >= 0.3 is 41.5 Å². The Bertz CT molecular complexity index is 2510. The van der Waals surface area contributed by atoms with Gasteiger partial charge in [0.2, 0.25) is 0 Å². The van der Waals surface area contributed by atoms with Gasteiger partial charge in [0.05, 0.1) is 51.2 Å². The fraction of sp³-hybridized carbons (Fsp3) is 0.0833. The van der Waals surface area contributed by atoms with Gasteiger partial charge in [0.1, 0.15) is 23.0 Å².